The average molecular weight is 277 g/mol. The molecule has 0 aliphatic carbocycles. The maximum Gasteiger partial charge on any atom is 0.255 e. The highest BCUT2D eigenvalue weighted by Gasteiger charge is 2.18. The van der Waals surface area contributed by atoms with Crippen molar-refractivity contribution in [3.05, 3.63) is 24.1 Å². The van der Waals surface area contributed by atoms with E-state index in [0.717, 1.165) is 13.0 Å². The molecule has 0 bridgehead atoms. The number of aromatic nitrogens is 2. The molecule has 0 atom stereocenters. The molecule has 0 aliphatic rings. The lowest BCUT2D eigenvalue weighted by molar-refractivity contribution is 0.392. The summed E-state index contributed by atoms with van der Waals surface area (Å²) in [6, 6.07) is 5.51. The molecule has 0 saturated carbocycles. The van der Waals surface area contributed by atoms with Crippen LogP contribution in [0.4, 0.5) is 0 Å². The van der Waals surface area contributed by atoms with Gasteiger partial charge in [-0.1, -0.05) is 13.0 Å². The Morgan fingerprint density at radius 3 is 2.45 bits per heavy atom. The van der Waals surface area contributed by atoms with Crippen LogP contribution < -0.4 is 14.8 Å². The van der Waals surface area contributed by atoms with E-state index in [9.17, 15) is 0 Å². The third-order valence-corrected chi connectivity index (χ3v) is 2.81. The molecule has 1 heterocycles. The topological polar surface area (TPSA) is 69.4 Å². The van der Waals surface area contributed by atoms with E-state index < -0.39 is 0 Å². The zero-order valence-corrected chi connectivity index (χ0v) is 12.0. The minimum atomic E-state index is 0.396. The molecule has 0 aliphatic heterocycles. The molecule has 2 rings (SSSR count). The summed E-state index contributed by atoms with van der Waals surface area (Å²) in [6.07, 6.45) is 1.06. The van der Waals surface area contributed by atoms with Gasteiger partial charge in [0.25, 0.3) is 5.89 Å². The highest BCUT2D eigenvalue weighted by Crippen LogP contribution is 2.37. The second kappa shape index (κ2) is 6.91. The van der Waals surface area contributed by atoms with Crippen LogP contribution in [0.5, 0.6) is 11.5 Å². The van der Waals surface area contributed by atoms with Gasteiger partial charge in [-0.3, -0.25) is 0 Å². The quantitative estimate of drug-likeness (QED) is 0.783. The van der Waals surface area contributed by atoms with Crippen LogP contribution in [0.15, 0.2) is 22.6 Å². The fourth-order valence-electron chi connectivity index (χ4n) is 1.86. The number of nitrogens with one attached hydrogen (secondary N) is 1. The van der Waals surface area contributed by atoms with Gasteiger partial charge < -0.3 is 19.2 Å². The monoisotopic (exact) mass is 277 g/mol. The Morgan fingerprint density at radius 2 is 1.85 bits per heavy atom. The summed E-state index contributed by atoms with van der Waals surface area (Å²) in [5, 5.41) is 11.3. The Morgan fingerprint density at radius 1 is 1.15 bits per heavy atom. The molecule has 6 heteroatoms. The second-order valence-corrected chi connectivity index (χ2v) is 4.22. The Kier molecular flexibility index (Phi) is 4.95. The molecule has 0 radical (unpaired) electrons. The Balaban J connectivity index is 2.27. The number of ether oxygens (including phenoxy) is 2. The van der Waals surface area contributed by atoms with Crippen molar-refractivity contribution in [2.75, 3.05) is 20.8 Å². The number of methoxy groups -OCH3 is 2. The van der Waals surface area contributed by atoms with Crippen LogP contribution in [-0.2, 0) is 6.54 Å². The van der Waals surface area contributed by atoms with Gasteiger partial charge in [-0.25, -0.2) is 0 Å². The van der Waals surface area contributed by atoms with E-state index in [0.29, 0.717) is 35.4 Å². The summed E-state index contributed by atoms with van der Waals surface area (Å²) in [4.78, 5) is 0. The van der Waals surface area contributed by atoms with E-state index in [1.807, 2.05) is 18.2 Å². The first-order valence-corrected chi connectivity index (χ1v) is 6.54. The molecular weight excluding hydrogens is 258 g/mol. The Bertz CT molecular complexity index is 532. The summed E-state index contributed by atoms with van der Waals surface area (Å²) in [5.41, 5.74) is 0.673. The van der Waals surface area contributed by atoms with Gasteiger partial charge in [-0.05, 0) is 25.1 Å². The molecule has 108 valence electrons. The third kappa shape index (κ3) is 3.08. The number of hydrogen-bond acceptors (Lipinski definition) is 6. The lowest BCUT2D eigenvalue weighted by Crippen LogP contribution is -2.13. The average Bonchev–Trinajstić information content (AvgIpc) is 2.95. The molecule has 1 N–H and O–H groups in total. The van der Waals surface area contributed by atoms with E-state index in [1.54, 1.807) is 14.2 Å². The standard InChI is InChI=1S/C14H19N3O3/c1-4-8-15-9-12-16-17-14(20-12)13-10(18-2)6-5-7-11(13)19-3/h5-7,15H,4,8-9H2,1-3H3. The second-order valence-electron chi connectivity index (χ2n) is 4.22. The van der Waals surface area contributed by atoms with E-state index in [2.05, 4.69) is 22.4 Å². The maximum atomic E-state index is 5.66. The van der Waals surface area contributed by atoms with Gasteiger partial charge in [0.05, 0.1) is 20.8 Å². The van der Waals surface area contributed by atoms with Crippen molar-refractivity contribution in [2.45, 2.75) is 19.9 Å². The molecule has 1 aromatic heterocycles. The molecule has 6 nitrogen and oxygen atoms in total. The summed E-state index contributed by atoms with van der Waals surface area (Å²) >= 11 is 0. The van der Waals surface area contributed by atoms with Gasteiger partial charge >= 0.3 is 0 Å². The van der Waals surface area contributed by atoms with Crippen LogP contribution in [-0.4, -0.2) is 31.0 Å². The van der Waals surface area contributed by atoms with E-state index in [-0.39, 0.29) is 0 Å². The first kappa shape index (κ1) is 14.3. The predicted molar refractivity (Wildman–Crippen MR) is 74.8 cm³/mol. The first-order chi connectivity index (χ1) is 9.80. The first-order valence-electron chi connectivity index (χ1n) is 6.54. The number of hydrogen-bond donors (Lipinski definition) is 1. The number of rotatable bonds is 7. The Hall–Kier alpha value is -2.08. The third-order valence-electron chi connectivity index (χ3n) is 2.81. The van der Waals surface area contributed by atoms with Gasteiger partial charge in [0.15, 0.2) is 0 Å². The van der Waals surface area contributed by atoms with Crippen molar-refractivity contribution >= 4 is 0 Å². The van der Waals surface area contributed by atoms with Crippen LogP contribution in [0, 0.1) is 0 Å². The van der Waals surface area contributed by atoms with Crippen molar-refractivity contribution in [1.82, 2.24) is 15.5 Å². The van der Waals surface area contributed by atoms with Crippen molar-refractivity contribution < 1.29 is 13.9 Å². The molecule has 0 saturated heterocycles. The minimum Gasteiger partial charge on any atom is -0.496 e. The number of nitrogens with zero attached hydrogens (tertiary/aromatic N) is 2. The summed E-state index contributed by atoms with van der Waals surface area (Å²) < 4.78 is 16.3. The van der Waals surface area contributed by atoms with Crippen molar-refractivity contribution in [1.29, 1.82) is 0 Å². The van der Waals surface area contributed by atoms with Crippen LogP contribution in [0.25, 0.3) is 11.5 Å². The summed E-state index contributed by atoms with van der Waals surface area (Å²) in [7, 11) is 3.19. The fraction of sp³-hybridized carbons (Fsp3) is 0.429. The lowest BCUT2D eigenvalue weighted by Gasteiger charge is -2.09. The molecule has 0 unspecified atom stereocenters. The van der Waals surface area contributed by atoms with Crippen LogP contribution >= 0.6 is 0 Å². The van der Waals surface area contributed by atoms with Crippen molar-refractivity contribution in [3.8, 4) is 23.0 Å². The largest absolute Gasteiger partial charge is 0.496 e. The van der Waals surface area contributed by atoms with Gasteiger partial charge in [-0.2, -0.15) is 0 Å². The lowest BCUT2D eigenvalue weighted by atomic mass is 10.2. The molecular formula is C14H19N3O3. The van der Waals surface area contributed by atoms with Gasteiger partial charge in [-0.15, -0.1) is 10.2 Å². The van der Waals surface area contributed by atoms with E-state index >= 15 is 0 Å². The SMILES string of the molecule is CCCNCc1nnc(-c2c(OC)cccc2OC)o1. The molecule has 0 spiro atoms. The van der Waals surface area contributed by atoms with Crippen LogP contribution in [0.2, 0.25) is 0 Å². The minimum absolute atomic E-state index is 0.396. The summed E-state index contributed by atoms with van der Waals surface area (Å²) in [5.74, 6) is 2.22. The Labute approximate surface area is 118 Å². The van der Waals surface area contributed by atoms with E-state index in [1.165, 1.54) is 0 Å². The molecule has 1 aromatic carbocycles. The fourth-order valence-corrected chi connectivity index (χ4v) is 1.86. The van der Waals surface area contributed by atoms with E-state index in [4.69, 9.17) is 13.9 Å². The van der Waals surface area contributed by atoms with Crippen LogP contribution in [0.3, 0.4) is 0 Å². The van der Waals surface area contributed by atoms with Gasteiger partial charge in [0.2, 0.25) is 5.89 Å². The highest BCUT2D eigenvalue weighted by atomic mass is 16.5. The molecule has 20 heavy (non-hydrogen) atoms. The van der Waals surface area contributed by atoms with Gasteiger partial charge in [0, 0.05) is 0 Å². The highest BCUT2D eigenvalue weighted by molar-refractivity contribution is 5.70. The van der Waals surface area contributed by atoms with Crippen LogP contribution in [0.1, 0.15) is 19.2 Å². The zero-order chi connectivity index (χ0) is 14.4. The zero-order valence-electron chi connectivity index (χ0n) is 12.0. The molecule has 2 aromatic rings. The number of benzene rings is 1. The van der Waals surface area contributed by atoms with Crippen molar-refractivity contribution in [2.24, 2.45) is 0 Å². The maximum absolute atomic E-state index is 5.66. The molecule has 0 amide bonds. The normalized spacial score (nSPS) is 10.6. The van der Waals surface area contributed by atoms with Gasteiger partial charge in [0.1, 0.15) is 17.1 Å². The predicted octanol–water partition coefficient (Wildman–Crippen LogP) is 2.25. The molecule has 0 fully saturated rings. The van der Waals surface area contributed by atoms with Crippen molar-refractivity contribution in [3.63, 3.8) is 0 Å². The smallest absolute Gasteiger partial charge is 0.255 e. The summed E-state index contributed by atoms with van der Waals surface area (Å²) in [6.45, 7) is 3.57.